The molecule has 0 bridgehead atoms. The van der Waals surface area contributed by atoms with Crippen molar-refractivity contribution in [2.45, 2.75) is 32.1 Å². The molecular formula is C19H21N3O2S. The predicted molar refractivity (Wildman–Crippen MR) is 97.1 cm³/mol. The van der Waals surface area contributed by atoms with E-state index in [4.69, 9.17) is 9.26 Å². The molecule has 25 heavy (non-hydrogen) atoms. The van der Waals surface area contributed by atoms with Gasteiger partial charge in [-0.25, -0.2) is 0 Å². The normalized spacial score (nSPS) is 18.5. The molecule has 3 heterocycles. The van der Waals surface area contributed by atoms with E-state index in [0.717, 1.165) is 30.8 Å². The number of hydrogen-bond donors (Lipinski definition) is 0. The van der Waals surface area contributed by atoms with E-state index in [1.807, 2.05) is 35.7 Å². The molecule has 0 saturated carbocycles. The quantitative estimate of drug-likeness (QED) is 0.669. The molecule has 6 heteroatoms. The van der Waals surface area contributed by atoms with Crippen LogP contribution in [0.25, 0.3) is 10.7 Å². The molecule has 0 amide bonds. The molecule has 0 spiro atoms. The van der Waals surface area contributed by atoms with Gasteiger partial charge in [-0.3, -0.25) is 4.90 Å². The van der Waals surface area contributed by atoms with Crippen molar-refractivity contribution in [2.24, 2.45) is 0 Å². The Morgan fingerprint density at radius 2 is 2.12 bits per heavy atom. The summed E-state index contributed by atoms with van der Waals surface area (Å²) in [5.41, 5.74) is 1.22. The summed E-state index contributed by atoms with van der Waals surface area (Å²) >= 11 is 1.62. The van der Waals surface area contributed by atoms with Crippen LogP contribution in [0.3, 0.4) is 0 Å². The van der Waals surface area contributed by atoms with Crippen LogP contribution in [0.15, 0.2) is 52.4 Å². The minimum absolute atomic E-state index is 0.258. The highest BCUT2D eigenvalue weighted by Gasteiger charge is 2.22. The van der Waals surface area contributed by atoms with E-state index < -0.39 is 0 Å². The number of piperidine rings is 1. The molecule has 1 aromatic carbocycles. The van der Waals surface area contributed by atoms with Crippen molar-refractivity contribution < 1.29 is 9.26 Å². The number of ether oxygens (including phenoxy) is 1. The summed E-state index contributed by atoms with van der Waals surface area (Å²) in [6, 6.07) is 14.3. The van der Waals surface area contributed by atoms with Crippen molar-refractivity contribution in [3.63, 3.8) is 0 Å². The number of hydrogen-bond acceptors (Lipinski definition) is 6. The van der Waals surface area contributed by atoms with Crippen molar-refractivity contribution in [3.8, 4) is 10.7 Å². The molecule has 0 N–H and O–H groups in total. The third-order valence-electron chi connectivity index (χ3n) is 4.36. The molecule has 1 aliphatic rings. The Hall–Kier alpha value is -2.02. The second-order valence-corrected chi connectivity index (χ2v) is 7.23. The number of thiophene rings is 1. The van der Waals surface area contributed by atoms with Gasteiger partial charge in [0.05, 0.1) is 24.1 Å². The summed E-state index contributed by atoms with van der Waals surface area (Å²) in [5, 5.41) is 6.10. The summed E-state index contributed by atoms with van der Waals surface area (Å²) < 4.78 is 11.5. The lowest BCUT2D eigenvalue weighted by atomic mass is 10.1. The third-order valence-corrected chi connectivity index (χ3v) is 5.23. The van der Waals surface area contributed by atoms with E-state index >= 15 is 0 Å². The van der Waals surface area contributed by atoms with Crippen molar-refractivity contribution in [1.82, 2.24) is 15.0 Å². The van der Waals surface area contributed by atoms with Crippen LogP contribution in [-0.2, 0) is 17.9 Å². The molecule has 2 aromatic heterocycles. The summed E-state index contributed by atoms with van der Waals surface area (Å²) in [4.78, 5) is 7.89. The average Bonchev–Trinajstić information content (AvgIpc) is 3.33. The number of likely N-dealkylation sites (tertiary alicyclic amines) is 1. The molecular weight excluding hydrogens is 334 g/mol. The SMILES string of the molecule is c1ccc(CO[C@H]2CCCN(Cc3nc(-c4cccs4)no3)C2)cc1. The molecule has 1 saturated heterocycles. The Bertz CT molecular complexity index is 773. The van der Waals surface area contributed by atoms with Gasteiger partial charge in [-0.2, -0.15) is 4.98 Å². The summed E-state index contributed by atoms with van der Waals surface area (Å²) in [6.45, 7) is 3.30. The zero-order valence-electron chi connectivity index (χ0n) is 14.0. The van der Waals surface area contributed by atoms with Crippen LogP contribution >= 0.6 is 11.3 Å². The van der Waals surface area contributed by atoms with Gasteiger partial charge in [-0.15, -0.1) is 11.3 Å². The molecule has 0 unspecified atom stereocenters. The summed E-state index contributed by atoms with van der Waals surface area (Å²) in [7, 11) is 0. The molecule has 1 atom stereocenters. The van der Waals surface area contributed by atoms with Crippen molar-refractivity contribution >= 4 is 11.3 Å². The van der Waals surface area contributed by atoms with Crippen molar-refractivity contribution in [3.05, 3.63) is 59.3 Å². The maximum atomic E-state index is 6.09. The number of rotatable bonds is 6. The van der Waals surface area contributed by atoms with Crippen LogP contribution < -0.4 is 0 Å². The molecule has 5 nitrogen and oxygen atoms in total. The maximum Gasteiger partial charge on any atom is 0.241 e. The summed E-state index contributed by atoms with van der Waals surface area (Å²) in [6.07, 6.45) is 2.49. The fourth-order valence-corrected chi connectivity index (χ4v) is 3.75. The highest BCUT2D eigenvalue weighted by atomic mass is 32.1. The van der Waals surface area contributed by atoms with E-state index in [-0.39, 0.29) is 6.10 Å². The van der Waals surface area contributed by atoms with Gasteiger partial charge in [0, 0.05) is 6.54 Å². The lowest BCUT2D eigenvalue weighted by Crippen LogP contribution is -2.39. The molecule has 0 aliphatic carbocycles. The zero-order chi connectivity index (χ0) is 16.9. The molecule has 1 aliphatic heterocycles. The first-order chi connectivity index (χ1) is 12.4. The van der Waals surface area contributed by atoms with E-state index in [2.05, 4.69) is 27.2 Å². The van der Waals surface area contributed by atoms with Gasteiger partial charge in [0.2, 0.25) is 11.7 Å². The smallest absolute Gasteiger partial charge is 0.241 e. The minimum atomic E-state index is 0.258. The van der Waals surface area contributed by atoms with Crippen molar-refractivity contribution in [2.75, 3.05) is 13.1 Å². The van der Waals surface area contributed by atoms with Gasteiger partial charge in [-0.1, -0.05) is 41.6 Å². The van der Waals surface area contributed by atoms with Crippen LogP contribution in [0.5, 0.6) is 0 Å². The van der Waals surface area contributed by atoms with E-state index in [1.165, 1.54) is 5.56 Å². The van der Waals surface area contributed by atoms with Crippen molar-refractivity contribution in [1.29, 1.82) is 0 Å². The fourth-order valence-electron chi connectivity index (χ4n) is 3.10. The Kier molecular flexibility index (Phi) is 5.20. The lowest BCUT2D eigenvalue weighted by molar-refractivity contribution is -0.0141. The average molecular weight is 355 g/mol. The van der Waals surface area contributed by atoms with Crippen LogP contribution in [-0.4, -0.2) is 34.2 Å². The van der Waals surface area contributed by atoms with Gasteiger partial charge in [0.15, 0.2) is 0 Å². The van der Waals surface area contributed by atoms with Crippen LogP contribution in [0, 0.1) is 0 Å². The molecule has 130 valence electrons. The zero-order valence-corrected chi connectivity index (χ0v) is 14.8. The second kappa shape index (κ2) is 7.91. The minimum Gasteiger partial charge on any atom is -0.372 e. The topological polar surface area (TPSA) is 51.4 Å². The first kappa shape index (κ1) is 16.4. The van der Waals surface area contributed by atoms with E-state index in [0.29, 0.717) is 24.9 Å². The fraction of sp³-hybridized carbons (Fsp3) is 0.368. The molecule has 4 rings (SSSR count). The van der Waals surface area contributed by atoms with Gasteiger partial charge in [-0.05, 0) is 36.4 Å². The first-order valence-corrected chi connectivity index (χ1v) is 9.49. The second-order valence-electron chi connectivity index (χ2n) is 6.28. The number of benzene rings is 1. The Morgan fingerprint density at radius 3 is 2.96 bits per heavy atom. The molecule has 0 radical (unpaired) electrons. The molecule has 3 aromatic rings. The molecule has 1 fully saturated rings. The number of nitrogens with zero attached hydrogens (tertiary/aromatic N) is 3. The predicted octanol–water partition coefficient (Wildman–Crippen LogP) is 3.98. The van der Waals surface area contributed by atoms with E-state index in [9.17, 15) is 0 Å². The van der Waals surface area contributed by atoms with Gasteiger partial charge in [0.1, 0.15) is 0 Å². The van der Waals surface area contributed by atoms with E-state index in [1.54, 1.807) is 11.3 Å². The lowest BCUT2D eigenvalue weighted by Gasteiger charge is -2.31. The van der Waals surface area contributed by atoms with Gasteiger partial charge >= 0.3 is 0 Å². The van der Waals surface area contributed by atoms with Gasteiger partial charge < -0.3 is 9.26 Å². The monoisotopic (exact) mass is 355 g/mol. The van der Waals surface area contributed by atoms with Crippen LogP contribution in [0.4, 0.5) is 0 Å². The number of aromatic nitrogens is 2. The third kappa shape index (κ3) is 4.34. The van der Waals surface area contributed by atoms with Crippen LogP contribution in [0.1, 0.15) is 24.3 Å². The standard InChI is InChI=1S/C19H21N3O2S/c1-2-6-15(7-3-1)14-23-16-8-4-10-22(12-16)13-18-20-19(21-24-18)17-9-5-11-25-17/h1-3,5-7,9,11,16H,4,8,10,12-14H2/t16-/m0/s1. The Morgan fingerprint density at radius 1 is 1.20 bits per heavy atom. The Balaban J connectivity index is 1.31. The van der Waals surface area contributed by atoms with Crippen LogP contribution in [0.2, 0.25) is 0 Å². The summed E-state index contributed by atoms with van der Waals surface area (Å²) in [5.74, 6) is 1.35. The highest BCUT2D eigenvalue weighted by molar-refractivity contribution is 7.13. The highest BCUT2D eigenvalue weighted by Crippen LogP contribution is 2.22. The first-order valence-electron chi connectivity index (χ1n) is 8.61. The maximum absolute atomic E-state index is 6.09. The van der Waals surface area contributed by atoms with Gasteiger partial charge in [0.25, 0.3) is 0 Å². The Labute approximate surface area is 151 Å². The largest absolute Gasteiger partial charge is 0.372 e.